The average molecular weight is 217 g/mol. The summed E-state index contributed by atoms with van der Waals surface area (Å²) in [5, 5.41) is 12.1. The third-order valence-electron chi connectivity index (χ3n) is 2.71. The molecule has 2 aliphatic heterocycles. The van der Waals surface area contributed by atoms with Gasteiger partial charge in [0, 0.05) is 5.75 Å². The molecule has 0 bridgehead atoms. The molecular weight excluding hydrogens is 202 g/mol. The Balaban J connectivity index is 1.86. The molecule has 80 valence electrons. The zero-order valence-corrected chi connectivity index (χ0v) is 8.92. The highest BCUT2D eigenvalue weighted by atomic mass is 32.2. The standard InChI is InChI=1S/C9H15NO3S/c1-5-2-3-7(13-5)8-10-6(4-14-8)9(11)12/h5-8,10H,2-4H2,1H3,(H,11,12)/t5?,6-,7?,8?/m0/s1. The lowest BCUT2D eigenvalue weighted by Crippen LogP contribution is -2.41. The smallest absolute Gasteiger partial charge is 0.321 e. The van der Waals surface area contributed by atoms with E-state index in [1.807, 2.05) is 0 Å². The Labute approximate surface area is 87.4 Å². The predicted molar refractivity (Wildman–Crippen MR) is 54.4 cm³/mol. The SMILES string of the molecule is CC1CCC(C2N[C@H](C(=O)O)CS2)O1. The van der Waals surface area contributed by atoms with Crippen molar-refractivity contribution in [1.29, 1.82) is 0 Å². The van der Waals surface area contributed by atoms with Gasteiger partial charge in [-0.15, -0.1) is 11.8 Å². The molecule has 0 saturated carbocycles. The lowest BCUT2D eigenvalue weighted by Gasteiger charge is -2.18. The molecule has 3 unspecified atom stereocenters. The molecule has 0 amide bonds. The summed E-state index contributed by atoms with van der Waals surface area (Å²) in [7, 11) is 0. The second-order valence-corrected chi connectivity index (χ2v) is 5.05. The second kappa shape index (κ2) is 4.08. The largest absolute Gasteiger partial charge is 0.480 e. The Kier molecular flexibility index (Phi) is 2.99. The maximum Gasteiger partial charge on any atom is 0.321 e. The van der Waals surface area contributed by atoms with E-state index in [2.05, 4.69) is 12.2 Å². The quantitative estimate of drug-likeness (QED) is 0.712. The predicted octanol–water partition coefficient (Wildman–Crippen LogP) is 0.670. The molecule has 2 saturated heterocycles. The van der Waals surface area contributed by atoms with Gasteiger partial charge in [-0.05, 0) is 19.8 Å². The fourth-order valence-electron chi connectivity index (χ4n) is 1.91. The van der Waals surface area contributed by atoms with Crippen LogP contribution in [0.3, 0.4) is 0 Å². The summed E-state index contributed by atoms with van der Waals surface area (Å²) in [5.74, 6) is -0.111. The number of hydrogen-bond donors (Lipinski definition) is 2. The van der Waals surface area contributed by atoms with Crippen LogP contribution in [-0.4, -0.2) is 40.5 Å². The van der Waals surface area contributed by atoms with Gasteiger partial charge in [-0.25, -0.2) is 0 Å². The molecule has 4 nitrogen and oxygen atoms in total. The first-order chi connectivity index (χ1) is 6.66. The van der Waals surface area contributed by atoms with Gasteiger partial charge in [-0.3, -0.25) is 10.1 Å². The van der Waals surface area contributed by atoms with Crippen molar-refractivity contribution < 1.29 is 14.6 Å². The summed E-state index contributed by atoms with van der Waals surface area (Å²) < 4.78 is 5.70. The summed E-state index contributed by atoms with van der Waals surface area (Å²) in [4.78, 5) is 10.7. The Morgan fingerprint density at radius 1 is 1.57 bits per heavy atom. The minimum absolute atomic E-state index is 0.168. The Morgan fingerprint density at radius 3 is 2.86 bits per heavy atom. The van der Waals surface area contributed by atoms with Crippen molar-refractivity contribution in [2.45, 2.75) is 43.4 Å². The second-order valence-electron chi connectivity index (χ2n) is 3.87. The van der Waals surface area contributed by atoms with Gasteiger partial charge in [0.1, 0.15) is 6.04 Å². The molecule has 5 heteroatoms. The molecule has 2 N–H and O–H groups in total. The zero-order valence-electron chi connectivity index (χ0n) is 8.10. The number of thioether (sulfide) groups is 1. The van der Waals surface area contributed by atoms with Gasteiger partial charge in [0.25, 0.3) is 0 Å². The molecule has 0 radical (unpaired) electrons. The van der Waals surface area contributed by atoms with E-state index in [0.717, 1.165) is 12.8 Å². The van der Waals surface area contributed by atoms with Crippen LogP contribution in [0, 0.1) is 0 Å². The van der Waals surface area contributed by atoms with E-state index >= 15 is 0 Å². The summed E-state index contributed by atoms with van der Waals surface area (Å²) in [6.45, 7) is 2.06. The van der Waals surface area contributed by atoms with E-state index in [4.69, 9.17) is 9.84 Å². The lowest BCUT2D eigenvalue weighted by molar-refractivity contribution is -0.138. The fraction of sp³-hybridized carbons (Fsp3) is 0.889. The molecule has 2 aliphatic rings. The Bertz CT molecular complexity index is 236. The molecule has 2 fully saturated rings. The van der Waals surface area contributed by atoms with Crippen LogP contribution in [0.4, 0.5) is 0 Å². The number of carbonyl (C=O) groups is 1. The molecule has 14 heavy (non-hydrogen) atoms. The number of carboxylic acid groups (broad SMARTS) is 1. The number of nitrogens with one attached hydrogen (secondary N) is 1. The summed E-state index contributed by atoms with van der Waals surface area (Å²) in [6, 6.07) is -0.399. The maximum absolute atomic E-state index is 10.7. The van der Waals surface area contributed by atoms with Crippen molar-refractivity contribution in [2.24, 2.45) is 0 Å². The third kappa shape index (κ3) is 2.04. The van der Waals surface area contributed by atoms with Gasteiger partial charge in [-0.1, -0.05) is 0 Å². The molecule has 0 aromatic rings. The van der Waals surface area contributed by atoms with Gasteiger partial charge < -0.3 is 9.84 Å². The van der Waals surface area contributed by atoms with E-state index in [0.29, 0.717) is 11.9 Å². The lowest BCUT2D eigenvalue weighted by atomic mass is 10.2. The van der Waals surface area contributed by atoms with Crippen LogP contribution in [0.2, 0.25) is 0 Å². The summed E-state index contributed by atoms with van der Waals surface area (Å²) in [6.07, 6.45) is 2.64. The molecule has 4 atom stereocenters. The molecule has 0 aliphatic carbocycles. The molecule has 2 heterocycles. The van der Waals surface area contributed by atoms with Crippen LogP contribution >= 0.6 is 11.8 Å². The van der Waals surface area contributed by atoms with E-state index in [1.165, 1.54) is 0 Å². The highest BCUT2D eigenvalue weighted by Gasteiger charge is 2.37. The fourth-order valence-corrected chi connectivity index (χ4v) is 3.22. The van der Waals surface area contributed by atoms with Crippen LogP contribution in [0.15, 0.2) is 0 Å². The molecular formula is C9H15NO3S. The number of rotatable bonds is 2. The summed E-state index contributed by atoms with van der Waals surface area (Å²) >= 11 is 1.66. The van der Waals surface area contributed by atoms with Gasteiger partial charge in [0.15, 0.2) is 0 Å². The first-order valence-electron chi connectivity index (χ1n) is 4.92. The van der Waals surface area contributed by atoms with E-state index in [9.17, 15) is 4.79 Å². The van der Waals surface area contributed by atoms with Crippen molar-refractivity contribution in [3.8, 4) is 0 Å². The van der Waals surface area contributed by atoms with Gasteiger partial charge >= 0.3 is 5.97 Å². The van der Waals surface area contributed by atoms with Crippen molar-refractivity contribution in [1.82, 2.24) is 5.32 Å². The topological polar surface area (TPSA) is 58.6 Å². The normalized spacial score (nSPS) is 42.9. The zero-order chi connectivity index (χ0) is 10.1. The van der Waals surface area contributed by atoms with E-state index in [1.54, 1.807) is 11.8 Å². The molecule has 2 rings (SSSR count). The van der Waals surface area contributed by atoms with Crippen molar-refractivity contribution >= 4 is 17.7 Å². The van der Waals surface area contributed by atoms with E-state index < -0.39 is 12.0 Å². The third-order valence-corrected chi connectivity index (χ3v) is 4.03. The Morgan fingerprint density at radius 2 is 2.36 bits per heavy atom. The Hall–Kier alpha value is -0.260. The number of aliphatic carboxylic acids is 1. The highest BCUT2D eigenvalue weighted by molar-refractivity contribution is 8.00. The average Bonchev–Trinajstić information content (AvgIpc) is 2.70. The summed E-state index contributed by atoms with van der Waals surface area (Å²) in [5.41, 5.74) is 0. The van der Waals surface area contributed by atoms with Crippen LogP contribution in [0.5, 0.6) is 0 Å². The van der Waals surface area contributed by atoms with Crippen LogP contribution < -0.4 is 5.32 Å². The maximum atomic E-state index is 10.7. The highest BCUT2D eigenvalue weighted by Crippen LogP contribution is 2.30. The van der Waals surface area contributed by atoms with Gasteiger partial charge in [0.05, 0.1) is 17.6 Å². The van der Waals surface area contributed by atoms with Gasteiger partial charge in [0.2, 0.25) is 0 Å². The number of hydrogen-bond acceptors (Lipinski definition) is 4. The molecule has 0 aromatic carbocycles. The first kappa shape index (κ1) is 10.3. The van der Waals surface area contributed by atoms with Crippen molar-refractivity contribution in [3.63, 3.8) is 0 Å². The van der Waals surface area contributed by atoms with E-state index in [-0.39, 0.29) is 11.5 Å². The molecule has 0 aromatic heterocycles. The number of carboxylic acids is 1. The number of ether oxygens (including phenoxy) is 1. The van der Waals surface area contributed by atoms with Crippen LogP contribution in [0.1, 0.15) is 19.8 Å². The minimum atomic E-state index is -0.758. The van der Waals surface area contributed by atoms with Crippen molar-refractivity contribution in [2.75, 3.05) is 5.75 Å². The first-order valence-corrected chi connectivity index (χ1v) is 5.97. The van der Waals surface area contributed by atoms with Crippen LogP contribution in [0.25, 0.3) is 0 Å². The minimum Gasteiger partial charge on any atom is -0.480 e. The van der Waals surface area contributed by atoms with Crippen molar-refractivity contribution in [3.05, 3.63) is 0 Å². The van der Waals surface area contributed by atoms with Crippen LogP contribution in [-0.2, 0) is 9.53 Å². The molecule has 0 spiro atoms. The monoisotopic (exact) mass is 217 g/mol. The van der Waals surface area contributed by atoms with Gasteiger partial charge in [-0.2, -0.15) is 0 Å².